The average molecular weight is 437 g/mol. The van der Waals surface area contributed by atoms with Crippen molar-refractivity contribution in [1.82, 2.24) is 19.8 Å². The molecule has 0 atom stereocenters. The van der Waals surface area contributed by atoms with Crippen molar-refractivity contribution in [1.29, 1.82) is 0 Å². The maximum Gasteiger partial charge on any atom is 0.321 e. The van der Waals surface area contributed by atoms with E-state index in [2.05, 4.69) is 10.6 Å². The van der Waals surface area contributed by atoms with Crippen LogP contribution in [0.25, 0.3) is 0 Å². The molecule has 2 fully saturated rings. The number of hydrogen-bond donors (Lipinski definition) is 2. The summed E-state index contributed by atoms with van der Waals surface area (Å²) in [5, 5.41) is 5.25. The molecule has 1 saturated heterocycles. The van der Waals surface area contributed by atoms with Gasteiger partial charge in [0.25, 0.3) is 0 Å². The van der Waals surface area contributed by atoms with Gasteiger partial charge in [0.1, 0.15) is 0 Å². The van der Waals surface area contributed by atoms with Crippen molar-refractivity contribution in [2.24, 2.45) is 0 Å². The van der Waals surface area contributed by atoms with Crippen LogP contribution < -0.4 is 10.6 Å². The summed E-state index contributed by atoms with van der Waals surface area (Å²) in [6, 6.07) is 4.87. The second kappa shape index (κ2) is 9.89. The third-order valence-corrected chi connectivity index (χ3v) is 7.90. The van der Waals surface area contributed by atoms with E-state index >= 15 is 0 Å². The Kier molecular flexibility index (Phi) is 7.49. The van der Waals surface area contributed by atoms with Gasteiger partial charge >= 0.3 is 6.03 Å². The summed E-state index contributed by atoms with van der Waals surface area (Å²) in [4.78, 5) is 26.4. The zero-order valence-corrected chi connectivity index (χ0v) is 18.6. The Hall–Kier alpha value is -1.97. The molecule has 0 bridgehead atoms. The molecule has 1 aromatic carbocycles. The molecule has 2 aliphatic rings. The van der Waals surface area contributed by atoms with Crippen molar-refractivity contribution in [3.63, 3.8) is 0 Å². The number of hydrogen-bond acceptors (Lipinski definition) is 5. The standard InChI is InChI=1S/C21H32N4O4S/c1-16-8-9-19(14-17(16)2)30(28,29)25-12-10-24(11-13-25)15-20(26)23-21(27)22-18-6-4-3-5-7-18/h8-9,14,18H,3-7,10-13,15H2,1-2H3,(H2,22,23,26,27). The van der Waals surface area contributed by atoms with Crippen molar-refractivity contribution >= 4 is 22.0 Å². The van der Waals surface area contributed by atoms with E-state index in [1.165, 1.54) is 10.7 Å². The smallest absolute Gasteiger partial charge is 0.321 e. The predicted octanol–water partition coefficient (Wildman–Crippen LogP) is 1.77. The lowest BCUT2D eigenvalue weighted by Crippen LogP contribution is -2.52. The number of benzene rings is 1. The zero-order chi connectivity index (χ0) is 21.7. The lowest BCUT2D eigenvalue weighted by Gasteiger charge is -2.33. The Bertz CT molecular complexity index is 873. The van der Waals surface area contributed by atoms with E-state index in [0.717, 1.165) is 36.8 Å². The molecule has 3 rings (SSSR count). The van der Waals surface area contributed by atoms with Gasteiger partial charge in [-0.3, -0.25) is 15.0 Å². The number of piperazine rings is 1. The summed E-state index contributed by atoms with van der Waals surface area (Å²) >= 11 is 0. The summed E-state index contributed by atoms with van der Waals surface area (Å²) < 4.78 is 27.2. The van der Waals surface area contributed by atoms with Crippen LogP contribution >= 0.6 is 0 Å². The molecule has 0 aromatic heterocycles. The van der Waals surface area contributed by atoms with Crippen molar-refractivity contribution < 1.29 is 18.0 Å². The first-order chi connectivity index (χ1) is 14.3. The highest BCUT2D eigenvalue weighted by atomic mass is 32.2. The SMILES string of the molecule is Cc1ccc(S(=O)(=O)N2CCN(CC(=O)NC(=O)NC3CCCCC3)CC2)cc1C. The Balaban J connectivity index is 1.46. The lowest BCUT2D eigenvalue weighted by atomic mass is 9.96. The topological polar surface area (TPSA) is 98.8 Å². The Morgan fingerprint density at radius 3 is 2.30 bits per heavy atom. The van der Waals surface area contributed by atoms with Crippen LogP contribution in [-0.2, 0) is 14.8 Å². The second-order valence-electron chi connectivity index (χ2n) is 8.28. The van der Waals surface area contributed by atoms with E-state index in [-0.39, 0.29) is 18.5 Å². The highest BCUT2D eigenvalue weighted by Crippen LogP contribution is 2.20. The second-order valence-corrected chi connectivity index (χ2v) is 10.2. The van der Waals surface area contributed by atoms with Crippen LogP contribution in [0.1, 0.15) is 43.2 Å². The van der Waals surface area contributed by atoms with Gasteiger partial charge in [-0.15, -0.1) is 0 Å². The molecule has 1 saturated carbocycles. The average Bonchev–Trinajstić information content (AvgIpc) is 2.71. The van der Waals surface area contributed by atoms with Gasteiger partial charge in [-0.25, -0.2) is 13.2 Å². The van der Waals surface area contributed by atoms with Crippen molar-refractivity contribution in [3.05, 3.63) is 29.3 Å². The van der Waals surface area contributed by atoms with Crippen LogP contribution in [0.4, 0.5) is 4.79 Å². The van der Waals surface area contributed by atoms with Gasteiger partial charge < -0.3 is 5.32 Å². The van der Waals surface area contributed by atoms with Crippen molar-refractivity contribution in [2.75, 3.05) is 32.7 Å². The fraction of sp³-hybridized carbons (Fsp3) is 0.619. The quantitative estimate of drug-likeness (QED) is 0.733. The number of sulfonamides is 1. The molecule has 166 valence electrons. The molecule has 3 amide bonds. The third kappa shape index (κ3) is 5.80. The van der Waals surface area contributed by atoms with Crippen LogP contribution in [0.5, 0.6) is 0 Å². The van der Waals surface area contributed by atoms with Crippen molar-refractivity contribution in [3.8, 4) is 0 Å². The van der Waals surface area contributed by atoms with E-state index in [1.807, 2.05) is 24.8 Å². The molecule has 9 heteroatoms. The third-order valence-electron chi connectivity index (χ3n) is 6.01. The van der Waals surface area contributed by atoms with E-state index in [9.17, 15) is 18.0 Å². The molecule has 0 spiro atoms. The van der Waals surface area contributed by atoms with Gasteiger partial charge in [-0.05, 0) is 49.9 Å². The molecular weight excluding hydrogens is 404 g/mol. The van der Waals surface area contributed by atoms with Crippen LogP contribution in [-0.4, -0.2) is 68.3 Å². The Morgan fingerprint density at radius 2 is 1.67 bits per heavy atom. The Morgan fingerprint density at radius 1 is 1.00 bits per heavy atom. The molecular formula is C21H32N4O4S. The number of carbonyl (C=O) groups excluding carboxylic acids is 2. The fourth-order valence-electron chi connectivity index (χ4n) is 3.99. The number of nitrogens with zero attached hydrogens (tertiary/aromatic N) is 2. The van der Waals surface area contributed by atoms with Gasteiger partial charge in [0.15, 0.2) is 0 Å². The Labute approximate surface area is 179 Å². The minimum absolute atomic E-state index is 0.0790. The first-order valence-corrected chi connectivity index (χ1v) is 12.1. The first-order valence-electron chi connectivity index (χ1n) is 10.7. The fourth-order valence-corrected chi connectivity index (χ4v) is 5.50. The lowest BCUT2D eigenvalue weighted by molar-refractivity contribution is -0.121. The maximum atomic E-state index is 12.9. The van der Waals surface area contributed by atoms with Gasteiger partial charge in [0.2, 0.25) is 15.9 Å². The van der Waals surface area contributed by atoms with Gasteiger partial charge in [0.05, 0.1) is 11.4 Å². The number of carbonyl (C=O) groups is 2. The van der Waals surface area contributed by atoms with Crippen LogP contribution in [0.15, 0.2) is 23.1 Å². The summed E-state index contributed by atoms with van der Waals surface area (Å²) in [5.74, 6) is -0.367. The van der Waals surface area contributed by atoms with E-state index in [4.69, 9.17) is 0 Å². The number of aryl methyl sites for hydroxylation is 2. The summed E-state index contributed by atoms with van der Waals surface area (Å²) in [6.07, 6.45) is 5.32. The number of nitrogens with one attached hydrogen (secondary N) is 2. The van der Waals surface area contributed by atoms with Gasteiger partial charge in [0, 0.05) is 32.2 Å². The number of imide groups is 1. The number of rotatable bonds is 5. The van der Waals surface area contributed by atoms with Crippen molar-refractivity contribution in [2.45, 2.75) is 56.9 Å². The number of amides is 3. The minimum atomic E-state index is -3.55. The molecule has 1 aliphatic heterocycles. The molecule has 8 nitrogen and oxygen atoms in total. The molecule has 1 aliphatic carbocycles. The molecule has 0 radical (unpaired) electrons. The van der Waals surface area contributed by atoms with Crippen LogP contribution in [0, 0.1) is 13.8 Å². The normalized spacial score (nSPS) is 19.4. The highest BCUT2D eigenvalue weighted by molar-refractivity contribution is 7.89. The predicted molar refractivity (Wildman–Crippen MR) is 115 cm³/mol. The molecule has 30 heavy (non-hydrogen) atoms. The van der Waals surface area contributed by atoms with E-state index < -0.39 is 16.1 Å². The van der Waals surface area contributed by atoms with E-state index in [0.29, 0.717) is 31.1 Å². The molecule has 2 N–H and O–H groups in total. The largest absolute Gasteiger partial charge is 0.335 e. The summed E-state index contributed by atoms with van der Waals surface area (Å²) in [6.45, 7) is 5.45. The van der Waals surface area contributed by atoms with Crippen LogP contribution in [0.2, 0.25) is 0 Å². The molecule has 1 aromatic rings. The first kappa shape index (κ1) is 22.7. The van der Waals surface area contributed by atoms with Gasteiger partial charge in [-0.1, -0.05) is 25.3 Å². The summed E-state index contributed by atoms with van der Waals surface area (Å²) in [5.41, 5.74) is 2.00. The summed E-state index contributed by atoms with van der Waals surface area (Å²) in [7, 11) is -3.55. The highest BCUT2D eigenvalue weighted by Gasteiger charge is 2.29. The maximum absolute atomic E-state index is 12.9. The zero-order valence-electron chi connectivity index (χ0n) is 17.8. The molecule has 0 unspecified atom stereocenters. The molecule has 1 heterocycles. The van der Waals surface area contributed by atoms with Gasteiger partial charge in [-0.2, -0.15) is 4.31 Å². The minimum Gasteiger partial charge on any atom is -0.335 e. The van der Waals surface area contributed by atoms with E-state index in [1.54, 1.807) is 12.1 Å². The number of urea groups is 1. The van der Waals surface area contributed by atoms with Crippen LogP contribution in [0.3, 0.4) is 0 Å². The monoisotopic (exact) mass is 436 g/mol.